The molecule has 174 valence electrons. The van der Waals surface area contributed by atoms with E-state index in [0.29, 0.717) is 41.3 Å². The van der Waals surface area contributed by atoms with E-state index in [0.717, 1.165) is 16.9 Å². The molecule has 0 N–H and O–H groups in total. The summed E-state index contributed by atoms with van der Waals surface area (Å²) in [6.45, 7) is 2.94. The quantitative estimate of drug-likeness (QED) is 0.422. The van der Waals surface area contributed by atoms with Gasteiger partial charge in [-0.15, -0.1) is 0 Å². The Morgan fingerprint density at radius 1 is 0.882 bits per heavy atom. The highest BCUT2D eigenvalue weighted by molar-refractivity contribution is 6.35. The largest absolute Gasteiger partial charge is 0.494 e. The number of imide groups is 1. The number of halogens is 1. The van der Waals surface area contributed by atoms with Crippen LogP contribution in [0.5, 0.6) is 5.75 Å². The van der Waals surface area contributed by atoms with Crippen LogP contribution < -0.4 is 4.74 Å². The number of carbonyl (C=O) groups excluding carboxylic acids is 2. The molecule has 0 aromatic heterocycles. The first-order valence-electron chi connectivity index (χ1n) is 11.3. The summed E-state index contributed by atoms with van der Waals surface area (Å²) in [4.78, 5) is 29.9. The third-order valence-electron chi connectivity index (χ3n) is 5.69. The van der Waals surface area contributed by atoms with Crippen molar-refractivity contribution in [3.8, 4) is 5.75 Å². The van der Waals surface area contributed by atoms with E-state index in [1.54, 1.807) is 54.4 Å². The number of carbonyl (C=O) groups is 2. The molecule has 0 saturated heterocycles. The summed E-state index contributed by atoms with van der Waals surface area (Å²) in [7, 11) is 1.79. The van der Waals surface area contributed by atoms with Crippen LogP contribution in [-0.2, 0) is 22.7 Å². The first-order chi connectivity index (χ1) is 16.5. The zero-order chi connectivity index (χ0) is 24.1. The molecule has 0 spiro atoms. The molecule has 3 aromatic rings. The summed E-state index contributed by atoms with van der Waals surface area (Å²) in [6, 6.07) is 23.1. The van der Waals surface area contributed by atoms with E-state index >= 15 is 0 Å². The molecule has 0 bridgehead atoms. The highest BCUT2D eigenvalue weighted by atomic mass is 19.1. The topological polar surface area (TPSA) is 49.9 Å². The van der Waals surface area contributed by atoms with Gasteiger partial charge >= 0.3 is 0 Å². The number of hydrogen-bond donors (Lipinski definition) is 0. The van der Waals surface area contributed by atoms with Gasteiger partial charge in [-0.05, 0) is 35.7 Å². The van der Waals surface area contributed by atoms with Crippen LogP contribution in [0.15, 0.2) is 84.6 Å². The van der Waals surface area contributed by atoms with E-state index in [4.69, 9.17) is 4.74 Å². The summed E-state index contributed by atoms with van der Waals surface area (Å²) < 4.78 is 20.0. The number of benzene rings is 3. The zero-order valence-electron chi connectivity index (χ0n) is 19.3. The highest BCUT2D eigenvalue weighted by Crippen LogP contribution is 2.33. The molecule has 4 rings (SSSR count). The van der Waals surface area contributed by atoms with Crippen LogP contribution >= 0.6 is 0 Å². The zero-order valence-corrected chi connectivity index (χ0v) is 19.3. The SMILES string of the molecule is CCCOc1ccc(C2=C(N(C)Cc3ccccc3)C(=O)N(Cc3ccccc3F)C2=O)cc1. The minimum atomic E-state index is -0.451. The van der Waals surface area contributed by atoms with Gasteiger partial charge < -0.3 is 9.64 Å². The van der Waals surface area contributed by atoms with Crippen molar-refractivity contribution in [2.24, 2.45) is 0 Å². The van der Waals surface area contributed by atoms with E-state index in [-0.39, 0.29) is 6.54 Å². The molecule has 2 amide bonds. The predicted octanol–water partition coefficient (Wildman–Crippen LogP) is 5.03. The standard InChI is InChI=1S/C28H27FN2O3/c1-3-17-34-23-15-13-21(14-16-23)25-26(30(2)18-20-9-5-4-6-10-20)28(33)31(27(25)32)19-22-11-7-8-12-24(22)29/h4-16H,3,17-19H2,1-2H3. The maximum absolute atomic E-state index is 14.3. The summed E-state index contributed by atoms with van der Waals surface area (Å²) in [5, 5.41) is 0. The molecule has 0 aliphatic carbocycles. The third kappa shape index (κ3) is 4.86. The summed E-state index contributed by atoms with van der Waals surface area (Å²) in [6.07, 6.45) is 0.888. The fraction of sp³-hybridized carbons (Fsp3) is 0.214. The molecule has 1 heterocycles. The minimum Gasteiger partial charge on any atom is -0.494 e. The van der Waals surface area contributed by atoms with Gasteiger partial charge in [0.1, 0.15) is 17.3 Å². The van der Waals surface area contributed by atoms with Crippen LogP contribution in [0.3, 0.4) is 0 Å². The lowest BCUT2D eigenvalue weighted by Gasteiger charge is -2.21. The van der Waals surface area contributed by atoms with Crippen molar-refractivity contribution >= 4 is 17.4 Å². The van der Waals surface area contributed by atoms with Crippen molar-refractivity contribution < 1.29 is 18.7 Å². The number of likely N-dealkylation sites (N-methyl/N-ethyl adjacent to an activating group) is 1. The number of nitrogens with zero attached hydrogens (tertiary/aromatic N) is 2. The van der Waals surface area contributed by atoms with Crippen molar-refractivity contribution in [2.45, 2.75) is 26.4 Å². The van der Waals surface area contributed by atoms with Gasteiger partial charge in [0.15, 0.2) is 0 Å². The Labute approximate surface area is 199 Å². The van der Waals surface area contributed by atoms with Gasteiger partial charge in [0, 0.05) is 19.2 Å². The average molecular weight is 459 g/mol. The number of amides is 2. The molecule has 1 aliphatic heterocycles. The summed E-state index contributed by atoms with van der Waals surface area (Å²) in [5.74, 6) is -0.628. The Morgan fingerprint density at radius 2 is 1.56 bits per heavy atom. The lowest BCUT2D eigenvalue weighted by Crippen LogP contribution is -2.34. The lowest BCUT2D eigenvalue weighted by molar-refractivity contribution is -0.138. The summed E-state index contributed by atoms with van der Waals surface area (Å²) in [5.41, 5.74) is 2.52. The number of rotatable bonds is 9. The van der Waals surface area contributed by atoms with Crippen molar-refractivity contribution in [1.82, 2.24) is 9.80 Å². The Bertz CT molecular complexity index is 1210. The van der Waals surface area contributed by atoms with E-state index in [9.17, 15) is 14.0 Å². The second-order valence-electron chi connectivity index (χ2n) is 8.23. The van der Waals surface area contributed by atoms with E-state index in [1.165, 1.54) is 6.07 Å². The fourth-order valence-corrected chi connectivity index (χ4v) is 3.99. The van der Waals surface area contributed by atoms with Crippen molar-refractivity contribution in [3.05, 3.63) is 107 Å². The molecular weight excluding hydrogens is 431 g/mol. The molecule has 1 aliphatic rings. The van der Waals surface area contributed by atoms with E-state index in [1.807, 2.05) is 37.3 Å². The van der Waals surface area contributed by atoms with Crippen LogP contribution in [0.2, 0.25) is 0 Å². The first-order valence-corrected chi connectivity index (χ1v) is 11.3. The minimum absolute atomic E-state index is 0.131. The van der Waals surface area contributed by atoms with Crippen molar-refractivity contribution in [1.29, 1.82) is 0 Å². The Morgan fingerprint density at radius 3 is 2.24 bits per heavy atom. The predicted molar refractivity (Wildman–Crippen MR) is 129 cm³/mol. The molecule has 34 heavy (non-hydrogen) atoms. The van der Waals surface area contributed by atoms with Crippen LogP contribution in [0, 0.1) is 5.82 Å². The molecule has 5 nitrogen and oxygen atoms in total. The van der Waals surface area contributed by atoms with Gasteiger partial charge in [0.2, 0.25) is 0 Å². The van der Waals surface area contributed by atoms with Crippen LogP contribution in [0.1, 0.15) is 30.0 Å². The average Bonchev–Trinajstić information content (AvgIpc) is 3.10. The fourth-order valence-electron chi connectivity index (χ4n) is 3.99. The Hall–Kier alpha value is -3.93. The number of hydrogen-bond acceptors (Lipinski definition) is 4. The van der Waals surface area contributed by atoms with Gasteiger partial charge in [-0.2, -0.15) is 0 Å². The molecular formula is C28H27FN2O3. The van der Waals surface area contributed by atoms with Crippen LogP contribution in [0.25, 0.3) is 5.57 Å². The van der Waals surface area contributed by atoms with Crippen molar-refractivity contribution in [2.75, 3.05) is 13.7 Å². The molecule has 0 radical (unpaired) electrons. The van der Waals surface area contributed by atoms with Gasteiger partial charge in [-0.25, -0.2) is 4.39 Å². The van der Waals surface area contributed by atoms with E-state index in [2.05, 4.69) is 0 Å². The maximum Gasteiger partial charge on any atom is 0.278 e. The van der Waals surface area contributed by atoms with Crippen molar-refractivity contribution in [3.63, 3.8) is 0 Å². The van der Waals surface area contributed by atoms with Gasteiger partial charge in [0.25, 0.3) is 11.8 Å². The lowest BCUT2D eigenvalue weighted by atomic mass is 10.0. The Kier molecular flexibility index (Phi) is 7.07. The van der Waals surface area contributed by atoms with Gasteiger partial charge in [0.05, 0.1) is 18.7 Å². The normalized spacial score (nSPS) is 13.6. The highest BCUT2D eigenvalue weighted by Gasteiger charge is 2.41. The van der Waals surface area contributed by atoms with E-state index < -0.39 is 17.6 Å². The molecule has 0 unspecified atom stereocenters. The second kappa shape index (κ2) is 10.3. The second-order valence-corrected chi connectivity index (χ2v) is 8.23. The number of ether oxygens (including phenoxy) is 1. The monoisotopic (exact) mass is 458 g/mol. The summed E-state index contributed by atoms with van der Waals surface area (Å²) >= 11 is 0. The third-order valence-corrected chi connectivity index (χ3v) is 5.69. The molecule has 3 aromatic carbocycles. The van der Waals surface area contributed by atoms with Gasteiger partial charge in [-0.1, -0.05) is 67.6 Å². The Balaban J connectivity index is 1.70. The smallest absolute Gasteiger partial charge is 0.278 e. The first kappa shape index (κ1) is 23.2. The molecule has 0 atom stereocenters. The molecule has 0 saturated carbocycles. The molecule has 0 fully saturated rings. The molecule has 6 heteroatoms. The van der Waals surface area contributed by atoms with Gasteiger partial charge in [-0.3, -0.25) is 14.5 Å². The maximum atomic E-state index is 14.3. The van der Waals surface area contributed by atoms with Crippen LogP contribution in [-0.4, -0.2) is 35.3 Å². The van der Waals surface area contributed by atoms with Crippen LogP contribution in [0.4, 0.5) is 4.39 Å².